The lowest BCUT2D eigenvalue weighted by Crippen LogP contribution is -2.38. The average molecular weight is 327 g/mol. The van der Waals surface area contributed by atoms with Crippen molar-refractivity contribution in [2.45, 2.75) is 45.1 Å². The van der Waals surface area contributed by atoms with Crippen molar-refractivity contribution in [3.8, 4) is 0 Å². The van der Waals surface area contributed by atoms with Crippen LogP contribution in [0.25, 0.3) is 0 Å². The fourth-order valence-corrected chi connectivity index (χ4v) is 2.85. The molecule has 2 N–H and O–H groups in total. The molecule has 0 aliphatic heterocycles. The zero-order valence-corrected chi connectivity index (χ0v) is 13.0. The number of hydrogen-bond donors (Lipinski definition) is 2. The highest BCUT2D eigenvalue weighted by Crippen LogP contribution is 2.20. The Morgan fingerprint density at radius 2 is 2.00 bits per heavy atom. The van der Waals surface area contributed by atoms with E-state index in [1.807, 2.05) is 12.1 Å². The Morgan fingerprint density at radius 1 is 1.28 bits per heavy atom. The molecule has 0 heterocycles. The highest BCUT2D eigenvalue weighted by Gasteiger charge is 2.13. The molecule has 0 unspecified atom stereocenters. The van der Waals surface area contributed by atoms with Crippen molar-refractivity contribution >= 4 is 38.9 Å². The summed E-state index contributed by atoms with van der Waals surface area (Å²) in [7, 11) is 0. The molecular weight excluding hydrogens is 308 g/mol. The first-order valence-corrected chi connectivity index (χ1v) is 7.69. The highest BCUT2D eigenvalue weighted by molar-refractivity contribution is 9.10. The summed E-state index contributed by atoms with van der Waals surface area (Å²) in [6.45, 7) is 2.08. The molecule has 0 saturated heterocycles. The van der Waals surface area contributed by atoms with Gasteiger partial charge in [-0.05, 0) is 55.7 Å². The Balaban J connectivity index is 1.88. The zero-order valence-electron chi connectivity index (χ0n) is 10.6. The Kier molecular flexibility index (Phi) is 5.01. The smallest absolute Gasteiger partial charge is 0.170 e. The lowest BCUT2D eigenvalue weighted by atomic mass is 9.96. The van der Waals surface area contributed by atoms with Crippen LogP contribution in [0.5, 0.6) is 0 Å². The van der Waals surface area contributed by atoms with E-state index in [4.69, 9.17) is 12.2 Å². The van der Waals surface area contributed by atoms with Crippen LogP contribution in [0, 0.1) is 6.92 Å². The van der Waals surface area contributed by atoms with Gasteiger partial charge in [-0.2, -0.15) is 0 Å². The van der Waals surface area contributed by atoms with E-state index in [0.717, 1.165) is 15.3 Å². The van der Waals surface area contributed by atoms with Gasteiger partial charge in [-0.1, -0.05) is 35.2 Å². The van der Waals surface area contributed by atoms with Gasteiger partial charge in [0.1, 0.15) is 0 Å². The molecule has 1 aromatic carbocycles. The molecule has 2 nitrogen and oxygen atoms in total. The van der Waals surface area contributed by atoms with Gasteiger partial charge in [0.15, 0.2) is 5.11 Å². The van der Waals surface area contributed by atoms with Gasteiger partial charge in [0.25, 0.3) is 0 Å². The quantitative estimate of drug-likeness (QED) is 0.789. The average Bonchev–Trinajstić information content (AvgIpc) is 2.35. The number of benzene rings is 1. The summed E-state index contributed by atoms with van der Waals surface area (Å²) in [6.07, 6.45) is 6.47. The van der Waals surface area contributed by atoms with Crippen LogP contribution < -0.4 is 10.6 Å². The van der Waals surface area contributed by atoms with Crippen LogP contribution in [0.15, 0.2) is 22.7 Å². The number of halogens is 1. The second kappa shape index (κ2) is 6.53. The Labute approximate surface area is 123 Å². The molecule has 1 aliphatic carbocycles. The van der Waals surface area contributed by atoms with E-state index >= 15 is 0 Å². The largest absolute Gasteiger partial charge is 0.360 e. The van der Waals surface area contributed by atoms with Crippen LogP contribution in [0.4, 0.5) is 5.69 Å². The normalized spacial score (nSPS) is 16.3. The molecule has 0 spiro atoms. The first-order valence-electron chi connectivity index (χ1n) is 6.49. The Bertz CT molecular complexity index is 428. The monoisotopic (exact) mass is 326 g/mol. The van der Waals surface area contributed by atoms with Crippen LogP contribution in [-0.2, 0) is 0 Å². The van der Waals surface area contributed by atoms with Crippen molar-refractivity contribution in [2.75, 3.05) is 5.32 Å². The van der Waals surface area contributed by atoms with Gasteiger partial charge in [-0.3, -0.25) is 0 Å². The van der Waals surface area contributed by atoms with E-state index in [-0.39, 0.29) is 0 Å². The van der Waals surface area contributed by atoms with Crippen LogP contribution >= 0.6 is 28.1 Å². The SMILES string of the molecule is Cc1cc(NC(=S)NC2CCCCC2)ccc1Br. The summed E-state index contributed by atoms with van der Waals surface area (Å²) in [5.41, 5.74) is 2.25. The number of nitrogens with one attached hydrogen (secondary N) is 2. The van der Waals surface area contributed by atoms with Crippen LogP contribution in [0.1, 0.15) is 37.7 Å². The third kappa shape index (κ3) is 3.95. The molecule has 1 fully saturated rings. The van der Waals surface area contributed by atoms with Crippen molar-refractivity contribution in [2.24, 2.45) is 0 Å². The van der Waals surface area contributed by atoms with Crippen LogP contribution in [0.3, 0.4) is 0 Å². The van der Waals surface area contributed by atoms with E-state index in [9.17, 15) is 0 Å². The molecule has 1 aromatic rings. The predicted molar refractivity (Wildman–Crippen MR) is 85.1 cm³/mol. The van der Waals surface area contributed by atoms with Gasteiger partial charge < -0.3 is 10.6 Å². The van der Waals surface area contributed by atoms with Gasteiger partial charge >= 0.3 is 0 Å². The second-order valence-corrected chi connectivity index (χ2v) is 6.16. The minimum Gasteiger partial charge on any atom is -0.360 e. The van der Waals surface area contributed by atoms with Crippen LogP contribution in [-0.4, -0.2) is 11.2 Å². The Hall–Kier alpha value is -0.610. The molecule has 18 heavy (non-hydrogen) atoms. The van der Waals surface area contributed by atoms with E-state index < -0.39 is 0 Å². The van der Waals surface area contributed by atoms with Crippen molar-refractivity contribution in [1.82, 2.24) is 5.32 Å². The number of rotatable bonds is 2. The lowest BCUT2D eigenvalue weighted by Gasteiger charge is -2.24. The highest BCUT2D eigenvalue weighted by atomic mass is 79.9. The molecule has 0 radical (unpaired) electrons. The number of aryl methyl sites for hydroxylation is 1. The topological polar surface area (TPSA) is 24.1 Å². The summed E-state index contributed by atoms with van der Waals surface area (Å²) < 4.78 is 1.12. The number of thiocarbonyl (C=S) groups is 1. The minimum absolute atomic E-state index is 0.551. The van der Waals surface area contributed by atoms with E-state index in [1.54, 1.807) is 0 Å². The number of anilines is 1. The molecule has 2 rings (SSSR count). The molecule has 1 aliphatic rings. The van der Waals surface area contributed by atoms with Crippen molar-refractivity contribution < 1.29 is 0 Å². The molecule has 0 aromatic heterocycles. The zero-order chi connectivity index (χ0) is 13.0. The van der Waals surface area contributed by atoms with Crippen molar-refractivity contribution in [3.05, 3.63) is 28.2 Å². The summed E-state index contributed by atoms with van der Waals surface area (Å²) in [4.78, 5) is 0. The third-order valence-electron chi connectivity index (χ3n) is 3.36. The molecule has 1 saturated carbocycles. The van der Waals surface area contributed by atoms with E-state index in [1.165, 1.54) is 37.7 Å². The van der Waals surface area contributed by atoms with Crippen LogP contribution in [0.2, 0.25) is 0 Å². The molecule has 0 amide bonds. The summed E-state index contributed by atoms with van der Waals surface area (Å²) in [5, 5.41) is 7.41. The first kappa shape index (κ1) is 13.8. The van der Waals surface area contributed by atoms with Gasteiger partial charge in [0.05, 0.1) is 0 Å². The summed E-state index contributed by atoms with van der Waals surface area (Å²) in [5.74, 6) is 0. The predicted octanol–water partition coefficient (Wildman–Crippen LogP) is 4.38. The van der Waals surface area contributed by atoms with Crippen molar-refractivity contribution in [3.63, 3.8) is 0 Å². The summed E-state index contributed by atoms with van der Waals surface area (Å²) >= 11 is 8.86. The molecular formula is C14H19BrN2S. The van der Waals surface area contributed by atoms with E-state index in [2.05, 4.69) is 39.6 Å². The third-order valence-corrected chi connectivity index (χ3v) is 4.47. The molecule has 0 bridgehead atoms. The molecule has 0 atom stereocenters. The van der Waals surface area contributed by atoms with Gasteiger partial charge in [0.2, 0.25) is 0 Å². The van der Waals surface area contributed by atoms with Gasteiger partial charge in [-0.25, -0.2) is 0 Å². The molecule has 98 valence electrons. The summed E-state index contributed by atoms with van der Waals surface area (Å²) in [6, 6.07) is 6.72. The van der Waals surface area contributed by atoms with Gasteiger partial charge in [0, 0.05) is 16.2 Å². The maximum Gasteiger partial charge on any atom is 0.170 e. The van der Waals surface area contributed by atoms with Gasteiger partial charge in [-0.15, -0.1) is 0 Å². The number of hydrogen-bond acceptors (Lipinski definition) is 1. The molecule has 4 heteroatoms. The van der Waals surface area contributed by atoms with Crippen molar-refractivity contribution in [1.29, 1.82) is 0 Å². The Morgan fingerprint density at radius 3 is 2.67 bits per heavy atom. The second-order valence-electron chi connectivity index (χ2n) is 4.90. The van der Waals surface area contributed by atoms with E-state index in [0.29, 0.717) is 6.04 Å². The maximum absolute atomic E-state index is 5.36. The standard InChI is InChI=1S/C14H19BrN2S/c1-10-9-12(7-8-13(10)15)17-14(18)16-11-5-3-2-4-6-11/h7-9,11H,2-6H2,1H3,(H2,16,17,18). The maximum atomic E-state index is 5.36. The fraction of sp³-hybridized carbons (Fsp3) is 0.500. The first-order chi connectivity index (χ1) is 8.65. The minimum atomic E-state index is 0.551. The lowest BCUT2D eigenvalue weighted by molar-refractivity contribution is 0.415. The fourth-order valence-electron chi connectivity index (χ4n) is 2.32.